The van der Waals surface area contributed by atoms with E-state index in [1.165, 1.54) is 48.9 Å². The highest BCUT2D eigenvalue weighted by molar-refractivity contribution is 8.00. The van der Waals surface area contributed by atoms with Crippen LogP contribution in [0.4, 0.5) is 5.69 Å². The Hall–Kier alpha value is -3.17. The fraction of sp³-hybridized carbons (Fsp3) is 0.0400. The summed E-state index contributed by atoms with van der Waals surface area (Å²) < 4.78 is 0. The van der Waals surface area contributed by atoms with Crippen LogP contribution in [0.5, 0.6) is 0 Å². The van der Waals surface area contributed by atoms with Gasteiger partial charge in [-0.2, -0.15) is 0 Å². The zero-order valence-electron chi connectivity index (χ0n) is 15.1. The maximum absolute atomic E-state index is 3.73. The Balaban J connectivity index is 1.43. The van der Waals surface area contributed by atoms with Crippen LogP contribution in [0.3, 0.4) is 0 Å². The van der Waals surface area contributed by atoms with Gasteiger partial charge >= 0.3 is 0 Å². The third-order valence-corrected chi connectivity index (χ3v) is 6.71. The van der Waals surface area contributed by atoms with Gasteiger partial charge in [0, 0.05) is 21.9 Å². The van der Waals surface area contributed by atoms with E-state index in [1.807, 2.05) is 11.8 Å². The second-order valence-corrected chi connectivity index (χ2v) is 8.33. The van der Waals surface area contributed by atoms with Crippen molar-refractivity contribution in [1.29, 1.82) is 0 Å². The van der Waals surface area contributed by atoms with Crippen LogP contribution in [-0.2, 0) is 0 Å². The van der Waals surface area contributed by atoms with E-state index in [0.29, 0.717) is 0 Å². The number of thioether (sulfide) groups is 1. The minimum absolute atomic E-state index is 0.272. The Morgan fingerprint density at radius 3 is 2.50 bits per heavy atom. The quantitative estimate of drug-likeness (QED) is 0.340. The molecule has 0 saturated carbocycles. The molecule has 0 aliphatic carbocycles. The van der Waals surface area contributed by atoms with Crippen LogP contribution in [0.25, 0.3) is 32.8 Å². The number of aromatic nitrogens is 1. The highest BCUT2D eigenvalue weighted by atomic mass is 32.2. The molecule has 2 N–H and O–H groups in total. The predicted octanol–water partition coefficient (Wildman–Crippen LogP) is 7.20. The summed E-state index contributed by atoms with van der Waals surface area (Å²) in [6.45, 7) is 0. The average Bonchev–Trinajstić information content (AvgIpc) is 3.38. The summed E-state index contributed by atoms with van der Waals surface area (Å²) in [4.78, 5) is 4.77. The van der Waals surface area contributed by atoms with Gasteiger partial charge in [0.05, 0.1) is 11.4 Å². The fourth-order valence-corrected chi connectivity index (χ4v) is 5.25. The lowest BCUT2D eigenvalue weighted by Gasteiger charge is -2.11. The van der Waals surface area contributed by atoms with E-state index < -0.39 is 0 Å². The number of fused-ring (bicyclic) bond motifs is 4. The molecule has 28 heavy (non-hydrogen) atoms. The normalized spacial score (nSPS) is 15.6. The van der Waals surface area contributed by atoms with Gasteiger partial charge in [0.15, 0.2) is 0 Å². The molecule has 134 valence electrons. The number of benzene rings is 4. The van der Waals surface area contributed by atoms with E-state index in [0.717, 1.165) is 0 Å². The fourth-order valence-electron chi connectivity index (χ4n) is 4.10. The summed E-state index contributed by atoms with van der Waals surface area (Å²) in [5.41, 5.74) is 4.96. The Bertz CT molecular complexity index is 1320. The lowest BCUT2D eigenvalue weighted by molar-refractivity contribution is 1.14. The molecular formula is C25H18N2S. The van der Waals surface area contributed by atoms with Crippen molar-refractivity contribution >= 4 is 39.0 Å². The molecule has 3 heteroatoms. The van der Waals surface area contributed by atoms with Crippen LogP contribution >= 0.6 is 11.8 Å². The van der Waals surface area contributed by atoms with Gasteiger partial charge in [0.25, 0.3) is 0 Å². The third-order valence-electron chi connectivity index (χ3n) is 5.49. The van der Waals surface area contributed by atoms with Crippen molar-refractivity contribution in [1.82, 2.24) is 4.98 Å². The highest BCUT2D eigenvalue weighted by Gasteiger charge is 2.24. The summed E-state index contributed by atoms with van der Waals surface area (Å²) in [7, 11) is 0. The Morgan fingerprint density at radius 2 is 1.57 bits per heavy atom. The molecule has 0 amide bonds. The first kappa shape index (κ1) is 15.8. The van der Waals surface area contributed by atoms with E-state index in [9.17, 15) is 0 Å². The van der Waals surface area contributed by atoms with Crippen molar-refractivity contribution in [3.05, 3.63) is 96.7 Å². The molecule has 0 saturated heterocycles. The van der Waals surface area contributed by atoms with Gasteiger partial charge in [-0.05, 0) is 34.0 Å². The number of aromatic amines is 1. The standard InChI is InChI=1S/C25H18N2S/c1-2-6-16(7-3-1)25-27-24-21-12-10-18(14-17(21)11-13-22(24)28-25)23-20-9-5-4-8-19(20)15-26-23/h1-15,25-27H. The van der Waals surface area contributed by atoms with E-state index in [2.05, 4.69) is 101 Å². The molecule has 1 aliphatic rings. The first-order valence-electron chi connectivity index (χ1n) is 9.48. The third kappa shape index (κ3) is 2.44. The molecule has 5 aromatic rings. The first-order valence-corrected chi connectivity index (χ1v) is 10.4. The molecule has 1 aliphatic heterocycles. The van der Waals surface area contributed by atoms with E-state index >= 15 is 0 Å². The van der Waals surface area contributed by atoms with E-state index in [4.69, 9.17) is 0 Å². The van der Waals surface area contributed by atoms with Crippen molar-refractivity contribution in [2.24, 2.45) is 0 Å². The zero-order chi connectivity index (χ0) is 18.5. The van der Waals surface area contributed by atoms with Gasteiger partial charge < -0.3 is 10.3 Å². The lowest BCUT2D eigenvalue weighted by atomic mass is 10.0. The molecule has 0 bridgehead atoms. The smallest absolute Gasteiger partial charge is 0.103 e. The lowest BCUT2D eigenvalue weighted by Crippen LogP contribution is -2.00. The maximum atomic E-state index is 3.73. The summed E-state index contributed by atoms with van der Waals surface area (Å²) >= 11 is 1.89. The molecule has 6 rings (SSSR count). The van der Waals surface area contributed by atoms with Crippen LogP contribution < -0.4 is 5.32 Å². The zero-order valence-corrected chi connectivity index (χ0v) is 16.0. The maximum Gasteiger partial charge on any atom is 0.103 e. The number of H-pyrrole nitrogens is 1. The molecule has 0 spiro atoms. The van der Waals surface area contributed by atoms with Gasteiger partial charge in [-0.1, -0.05) is 84.6 Å². The van der Waals surface area contributed by atoms with Gasteiger partial charge in [0.2, 0.25) is 0 Å². The predicted molar refractivity (Wildman–Crippen MR) is 120 cm³/mol. The van der Waals surface area contributed by atoms with Crippen molar-refractivity contribution in [2.75, 3.05) is 5.32 Å². The van der Waals surface area contributed by atoms with Crippen molar-refractivity contribution in [2.45, 2.75) is 10.3 Å². The van der Waals surface area contributed by atoms with Crippen molar-refractivity contribution in [3.63, 3.8) is 0 Å². The molecule has 2 nitrogen and oxygen atoms in total. The van der Waals surface area contributed by atoms with Crippen LogP contribution in [0.15, 0.2) is 96.0 Å². The first-order chi connectivity index (χ1) is 13.9. The number of anilines is 1. The van der Waals surface area contributed by atoms with Gasteiger partial charge in [-0.3, -0.25) is 0 Å². The molecule has 0 radical (unpaired) electrons. The largest absolute Gasteiger partial charge is 0.368 e. The molecular weight excluding hydrogens is 360 g/mol. The van der Waals surface area contributed by atoms with Crippen LogP contribution in [0.2, 0.25) is 0 Å². The van der Waals surface area contributed by atoms with Crippen LogP contribution in [0, 0.1) is 0 Å². The van der Waals surface area contributed by atoms with E-state index in [-0.39, 0.29) is 5.37 Å². The SMILES string of the molecule is c1ccc(C2Nc3c(ccc4cc(-c5[nH]cc6ccccc56)ccc34)S2)cc1. The van der Waals surface area contributed by atoms with E-state index in [1.54, 1.807) is 0 Å². The number of hydrogen-bond donors (Lipinski definition) is 2. The summed E-state index contributed by atoms with van der Waals surface area (Å²) in [6, 6.07) is 30.4. The summed E-state index contributed by atoms with van der Waals surface area (Å²) in [6.07, 6.45) is 2.08. The number of hydrogen-bond acceptors (Lipinski definition) is 2. The van der Waals surface area contributed by atoms with Gasteiger partial charge in [-0.25, -0.2) is 0 Å². The monoisotopic (exact) mass is 378 g/mol. The summed E-state index contributed by atoms with van der Waals surface area (Å²) in [5.74, 6) is 0. The second kappa shape index (κ2) is 6.18. The van der Waals surface area contributed by atoms with Gasteiger partial charge in [0.1, 0.15) is 5.37 Å². The molecule has 4 aromatic carbocycles. The average molecular weight is 379 g/mol. The highest BCUT2D eigenvalue weighted by Crippen LogP contribution is 2.49. The molecule has 1 aromatic heterocycles. The van der Waals surface area contributed by atoms with Crippen molar-refractivity contribution < 1.29 is 0 Å². The number of rotatable bonds is 2. The molecule has 1 unspecified atom stereocenters. The van der Waals surface area contributed by atoms with Crippen molar-refractivity contribution in [3.8, 4) is 11.3 Å². The minimum atomic E-state index is 0.272. The molecule has 2 heterocycles. The van der Waals surface area contributed by atoms with Crippen LogP contribution in [0.1, 0.15) is 10.9 Å². The topological polar surface area (TPSA) is 27.8 Å². The molecule has 0 fully saturated rings. The second-order valence-electron chi connectivity index (χ2n) is 7.18. The Morgan fingerprint density at radius 1 is 0.714 bits per heavy atom. The minimum Gasteiger partial charge on any atom is -0.368 e. The number of nitrogens with one attached hydrogen (secondary N) is 2. The summed E-state index contributed by atoms with van der Waals surface area (Å²) in [5, 5.41) is 9.06. The molecule has 1 atom stereocenters. The Kier molecular flexibility index (Phi) is 3.50. The van der Waals surface area contributed by atoms with Crippen LogP contribution in [-0.4, -0.2) is 4.98 Å². The van der Waals surface area contributed by atoms with Gasteiger partial charge in [-0.15, -0.1) is 0 Å². The Labute approximate surface area is 167 Å².